The molecule has 4 atom stereocenters. The smallest absolute Gasteiger partial charge is 0.296 e. The summed E-state index contributed by atoms with van der Waals surface area (Å²) in [5, 5.41) is 10.4. The second kappa shape index (κ2) is 8.73. The van der Waals surface area contributed by atoms with Crippen molar-refractivity contribution in [3.8, 4) is 28.4 Å². The van der Waals surface area contributed by atoms with Crippen LogP contribution in [0.3, 0.4) is 0 Å². The van der Waals surface area contributed by atoms with E-state index < -0.39 is 6.10 Å². The number of hydrogen-bond donors (Lipinski definition) is 2. The molecule has 2 unspecified atom stereocenters. The fourth-order valence-electron chi connectivity index (χ4n) is 4.56. The monoisotopic (exact) mass is 491 g/mol. The van der Waals surface area contributed by atoms with Gasteiger partial charge in [-0.05, 0) is 24.1 Å². The molecule has 0 spiro atoms. The number of Topliss-reactive ketones (excluding diaryl/α,β-unsaturated/α-hetero) is 1. The number of ether oxygens (including phenoxy) is 3. The average Bonchev–Trinajstić information content (AvgIpc) is 3.55. The SMILES string of the molecule is CC(=O)c1ccc(-c2ccc(-c3nc4nc(O[C@@H]5COC6C5OC[C@H]6O)[nH]c4cc3Cl)cc2)cc1. The number of halogens is 1. The molecule has 4 aromatic rings. The molecule has 35 heavy (non-hydrogen) atoms. The molecule has 2 N–H and O–H groups in total. The highest BCUT2D eigenvalue weighted by Gasteiger charge is 2.48. The Hall–Kier alpha value is -3.30. The van der Waals surface area contributed by atoms with Gasteiger partial charge in [0.1, 0.15) is 18.3 Å². The lowest BCUT2D eigenvalue weighted by Gasteiger charge is -2.15. The molecular formula is C26H22ClN3O5. The van der Waals surface area contributed by atoms with Gasteiger partial charge >= 0.3 is 0 Å². The van der Waals surface area contributed by atoms with Crippen molar-refractivity contribution >= 4 is 28.5 Å². The molecule has 2 aromatic carbocycles. The molecule has 0 aliphatic carbocycles. The topological polar surface area (TPSA) is 107 Å². The van der Waals surface area contributed by atoms with Crippen molar-refractivity contribution in [3.63, 3.8) is 0 Å². The molecule has 6 rings (SSSR count). The first-order valence-corrected chi connectivity index (χ1v) is 11.7. The number of aromatic nitrogens is 3. The zero-order valence-electron chi connectivity index (χ0n) is 18.8. The summed E-state index contributed by atoms with van der Waals surface area (Å²) in [4.78, 5) is 23.7. The summed E-state index contributed by atoms with van der Waals surface area (Å²) in [6.45, 7) is 2.10. The summed E-state index contributed by atoms with van der Waals surface area (Å²) in [6.07, 6.45) is -1.72. The van der Waals surface area contributed by atoms with Crippen molar-refractivity contribution in [1.82, 2.24) is 15.0 Å². The highest BCUT2D eigenvalue weighted by molar-refractivity contribution is 6.33. The molecule has 2 saturated heterocycles. The lowest BCUT2D eigenvalue weighted by Crippen LogP contribution is -2.34. The second-order valence-electron chi connectivity index (χ2n) is 8.76. The number of imidazole rings is 1. The highest BCUT2D eigenvalue weighted by Crippen LogP contribution is 2.33. The normalized spacial score (nSPS) is 23.5. The van der Waals surface area contributed by atoms with E-state index >= 15 is 0 Å². The van der Waals surface area contributed by atoms with E-state index in [1.165, 1.54) is 0 Å². The van der Waals surface area contributed by atoms with Crippen LogP contribution in [0.25, 0.3) is 33.5 Å². The van der Waals surface area contributed by atoms with Crippen LogP contribution in [0.4, 0.5) is 0 Å². The van der Waals surface area contributed by atoms with Crippen molar-refractivity contribution in [2.24, 2.45) is 0 Å². The average molecular weight is 492 g/mol. The van der Waals surface area contributed by atoms with Crippen LogP contribution in [0.5, 0.6) is 6.01 Å². The summed E-state index contributed by atoms with van der Waals surface area (Å²) in [7, 11) is 0. The van der Waals surface area contributed by atoms with Crippen molar-refractivity contribution in [3.05, 3.63) is 65.2 Å². The Balaban J connectivity index is 1.23. The Morgan fingerprint density at radius 3 is 2.37 bits per heavy atom. The van der Waals surface area contributed by atoms with Crippen LogP contribution < -0.4 is 4.74 Å². The number of nitrogens with zero attached hydrogens (tertiary/aromatic N) is 2. The zero-order chi connectivity index (χ0) is 24.1. The van der Waals surface area contributed by atoms with E-state index in [1.54, 1.807) is 13.0 Å². The van der Waals surface area contributed by atoms with E-state index in [9.17, 15) is 9.90 Å². The van der Waals surface area contributed by atoms with E-state index in [1.807, 2.05) is 48.5 Å². The molecule has 0 saturated carbocycles. The molecular weight excluding hydrogens is 470 g/mol. The molecule has 0 bridgehead atoms. The Bertz CT molecular complexity index is 1400. The third-order valence-corrected chi connectivity index (χ3v) is 6.72. The maximum Gasteiger partial charge on any atom is 0.296 e. The van der Waals surface area contributed by atoms with Gasteiger partial charge in [-0.25, -0.2) is 4.98 Å². The van der Waals surface area contributed by atoms with Gasteiger partial charge in [-0.2, -0.15) is 4.98 Å². The molecule has 2 fully saturated rings. The number of H-pyrrole nitrogens is 1. The number of pyridine rings is 1. The van der Waals surface area contributed by atoms with Crippen LogP contribution in [-0.2, 0) is 9.47 Å². The molecule has 2 aliphatic rings. The molecule has 178 valence electrons. The fraction of sp³-hybridized carbons (Fsp3) is 0.269. The van der Waals surface area contributed by atoms with Gasteiger partial charge in [-0.1, -0.05) is 60.1 Å². The third-order valence-electron chi connectivity index (χ3n) is 6.43. The lowest BCUT2D eigenvalue weighted by atomic mass is 10.0. The van der Waals surface area contributed by atoms with E-state index in [4.69, 9.17) is 25.8 Å². The maximum absolute atomic E-state index is 11.5. The molecule has 2 aromatic heterocycles. The summed E-state index contributed by atoms with van der Waals surface area (Å²) in [6, 6.07) is 17.5. The fourth-order valence-corrected chi connectivity index (χ4v) is 4.82. The van der Waals surface area contributed by atoms with Gasteiger partial charge in [0, 0.05) is 11.1 Å². The predicted octanol–water partition coefficient (Wildman–Crippen LogP) is 4.05. The number of carbonyl (C=O) groups is 1. The maximum atomic E-state index is 11.5. The summed E-state index contributed by atoms with van der Waals surface area (Å²) >= 11 is 6.56. The zero-order valence-corrected chi connectivity index (χ0v) is 19.5. The number of aromatic amines is 1. The number of aliphatic hydroxyl groups is 1. The molecule has 9 heteroatoms. The minimum absolute atomic E-state index is 0.0429. The minimum atomic E-state index is -0.640. The predicted molar refractivity (Wildman–Crippen MR) is 130 cm³/mol. The van der Waals surface area contributed by atoms with Crippen LogP contribution in [0.1, 0.15) is 17.3 Å². The number of aliphatic hydroxyl groups excluding tert-OH is 1. The second-order valence-corrected chi connectivity index (χ2v) is 9.17. The Morgan fingerprint density at radius 2 is 1.66 bits per heavy atom. The lowest BCUT2D eigenvalue weighted by molar-refractivity contribution is 0.00706. The third kappa shape index (κ3) is 4.08. The molecule has 0 amide bonds. The van der Waals surface area contributed by atoms with Crippen LogP contribution in [-0.4, -0.2) is 63.5 Å². The number of ketones is 1. The first kappa shape index (κ1) is 22.2. The van der Waals surface area contributed by atoms with Crippen LogP contribution in [0, 0.1) is 0 Å². The number of fused-ring (bicyclic) bond motifs is 2. The number of benzene rings is 2. The number of carbonyl (C=O) groups excluding carboxylic acids is 1. The van der Waals surface area contributed by atoms with Gasteiger partial charge in [0.15, 0.2) is 17.5 Å². The summed E-state index contributed by atoms with van der Waals surface area (Å²) in [5.74, 6) is 0.0429. The first-order valence-electron chi connectivity index (χ1n) is 11.3. The van der Waals surface area contributed by atoms with Crippen molar-refractivity contribution in [2.45, 2.75) is 31.3 Å². The van der Waals surface area contributed by atoms with Gasteiger partial charge in [0.05, 0.1) is 29.4 Å². The Labute approximate surface area is 205 Å². The summed E-state index contributed by atoms with van der Waals surface area (Å²) < 4.78 is 17.2. The van der Waals surface area contributed by atoms with E-state index in [0.717, 1.165) is 16.7 Å². The van der Waals surface area contributed by atoms with Gasteiger partial charge in [0.2, 0.25) is 0 Å². The van der Waals surface area contributed by atoms with Crippen LogP contribution in [0.2, 0.25) is 5.02 Å². The van der Waals surface area contributed by atoms with Crippen LogP contribution >= 0.6 is 11.6 Å². The molecule has 4 heterocycles. The van der Waals surface area contributed by atoms with Gasteiger partial charge < -0.3 is 24.3 Å². The quantitative estimate of drug-likeness (QED) is 0.405. The first-order chi connectivity index (χ1) is 17.0. The number of rotatable bonds is 5. The Kier molecular flexibility index (Phi) is 5.53. The summed E-state index contributed by atoms with van der Waals surface area (Å²) in [5.41, 5.74) is 5.32. The largest absolute Gasteiger partial charge is 0.456 e. The standard InChI is InChI=1S/C26H22ClN3O5/c1-13(31)14-2-4-15(5-3-14)16-6-8-17(9-7-16)22-18(27)10-19-25(29-22)30-26(28-19)35-21-12-34-23-20(32)11-33-24(21)23/h2-10,20-21,23-24,32H,11-12H2,1H3,(H,28,29,30)/t20-,21-,23?,24?/m1/s1. The number of hydrogen-bond acceptors (Lipinski definition) is 7. The van der Waals surface area contributed by atoms with Crippen molar-refractivity contribution < 1.29 is 24.1 Å². The Morgan fingerprint density at radius 1 is 1.00 bits per heavy atom. The molecule has 8 nitrogen and oxygen atoms in total. The van der Waals surface area contributed by atoms with Crippen LogP contribution in [0.15, 0.2) is 54.6 Å². The van der Waals surface area contributed by atoms with Crippen molar-refractivity contribution in [1.29, 1.82) is 0 Å². The molecule has 0 radical (unpaired) electrons. The van der Waals surface area contributed by atoms with Crippen molar-refractivity contribution in [2.75, 3.05) is 13.2 Å². The van der Waals surface area contributed by atoms with Gasteiger partial charge in [0.25, 0.3) is 6.01 Å². The van der Waals surface area contributed by atoms with Gasteiger partial charge in [-0.15, -0.1) is 0 Å². The minimum Gasteiger partial charge on any atom is -0.456 e. The molecule has 2 aliphatic heterocycles. The number of nitrogens with one attached hydrogen (secondary N) is 1. The van der Waals surface area contributed by atoms with E-state index in [-0.39, 0.29) is 30.7 Å². The van der Waals surface area contributed by atoms with E-state index in [2.05, 4.69) is 15.0 Å². The van der Waals surface area contributed by atoms with Gasteiger partial charge in [-0.3, -0.25) is 4.79 Å². The highest BCUT2D eigenvalue weighted by atomic mass is 35.5. The van der Waals surface area contributed by atoms with E-state index in [0.29, 0.717) is 40.1 Å².